The van der Waals surface area contributed by atoms with Crippen molar-refractivity contribution < 1.29 is 9.18 Å². The highest BCUT2D eigenvalue weighted by Crippen LogP contribution is 2.30. The summed E-state index contributed by atoms with van der Waals surface area (Å²) >= 11 is 10.0. The van der Waals surface area contributed by atoms with Crippen LogP contribution in [-0.2, 0) is 4.79 Å². The zero-order valence-electron chi connectivity index (χ0n) is 8.63. The molecule has 3 nitrogen and oxygen atoms in total. The summed E-state index contributed by atoms with van der Waals surface area (Å²) in [6.07, 6.45) is 0. The molecular formula is C10H7BrClFN2OS. The Hall–Kier alpha value is -0.720. The molecule has 0 aliphatic carbocycles. The topological polar surface area (TPSA) is 42.0 Å². The van der Waals surface area contributed by atoms with Gasteiger partial charge in [0.05, 0.1) is 4.70 Å². The van der Waals surface area contributed by atoms with Crippen LogP contribution in [0.2, 0.25) is 0 Å². The van der Waals surface area contributed by atoms with Crippen molar-refractivity contribution in [2.45, 2.75) is 12.3 Å². The molecular weight excluding hydrogens is 331 g/mol. The van der Waals surface area contributed by atoms with E-state index in [1.54, 1.807) is 13.0 Å². The van der Waals surface area contributed by atoms with Crippen LogP contribution in [0, 0.1) is 5.82 Å². The molecule has 0 aliphatic heterocycles. The zero-order chi connectivity index (χ0) is 12.6. The summed E-state index contributed by atoms with van der Waals surface area (Å²) in [5, 5.41) is 2.22. The number of anilines is 1. The Kier molecular flexibility index (Phi) is 3.65. The van der Waals surface area contributed by atoms with Gasteiger partial charge in [-0.1, -0.05) is 27.3 Å². The molecule has 1 aromatic heterocycles. The average Bonchev–Trinajstić information content (AvgIpc) is 2.60. The van der Waals surface area contributed by atoms with Gasteiger partial charge < -0.3 is 5.32 Å². The van der Waals surface area contributed by atoms with Gasteiger partial charge in [-0.25, -0.2) is 9.37 Å². The van der Waals surface area contributed by atoms with Crippen molar-refractivity contribution in [1.82, 2.24) is 4.98 Å². The molecule has 0 spiro atoms. The van der Waals surface area contributed by atoms with E-state index in [1.807, 2.05) is 0 Å². The lowest BCUT2D eigenvalue weighted by atomic mass is 10.3. The number of hydrogen-bond acceptors (Lipinski definition) is 3. The number of halogens is 3. The first-order chi connectivity index (χ1) is 7.97. The molecule has 90 valence electrons. The van der Waals surface area contributed by atoms with Gasteiger partial charge in [0.1, 0.15) is 10.9 Å². The quantitative estimate of drug-likeness (QED) is 0.848. The smallest absolute Gasteiger partial charge is 0.243 e. The van der Waals surface area contributed by atoms with Crippen LogP contribution in [0.5, 0.6) is 0 Å². The van der Waals surface area contributed by atoms with Crippen molar-refractivity contribution in [3.8, 4) is 0 Å². The van der Waals surface area contributed by atoms with E-state index in [4.69, 9.17) is 11.6 Å². The highest BCUT2D eigenvalue weighted by atomic mass is 79.9. The van der Waals surface area contributed by atoms with Crippen molar-refractivity contribution in [1.29, 1.82) is 0 Å². The van der Waals surface area contributed by atoms with Crippen LogP contribution in [0.1, 0.15) is 6.92 Å². The molecule has 0 saturated heterocycles. The Balaban J connectivity index is 2.38. The molecule has 1 atom stereocenters. The number of carbonyl (C=O) groups is 1. The fourth-order valence-corrected chi connectivity index (χ4v) is 2.77. The van der Waals surface area contributed by atoms with Crippen LogP contribution in [-0.4, -0.2) is 16.3 Å². The number of carbonyl (C=O) groups excluding carboxylic acids is 1. The van der Waals surface area contributed by atoms with Crippen molar-refractivity contribution in [3.05, 3.63) is 22.4 Å². The molecule has 1 N–H and O–H groups in total. The second-order valence-electron chi connectivity index (χ2n) is 3.36. The number of hydrogen-bond donors (Lipinski definition) is 1. The summed E-state index contributed by atoms with van der Waals surface area (Å²) in [7, 11) is 0. The number of amides is 1. The van der Waals surface area contributed by atoms with Gasteiger partial charge in [-0.3, -0.25) is 4.79 Å². The predicted molar refractivity (Wildman–Crippen MR) is 71.2 cm³/mol. The second kappa shape index (κ2) is 4.88. The second-order valence-corrected chi connectivity index (χ2v) is 5.96. The third-order valence-corrected chi connectivity index (χ3v) is 3.58. The molecule has 0 saturated carbocycles. The largest absolute Gasteiger partial charge is 0.301 e. The van der Waals surface area contributed by atoms with Gasteiger partial charge in [0.15, 0.2) is 10.9 Å². The average molecular weight is 338 g/mol. The number of aromatic nitrogens is 1. The van der Waals surface area contributed by atoms with Crippen molar-refractivity contribution in [2.24, 2.45) is 0 Å². The Morgan fingerprint density at radius 3 is 3.00 bits per heavy atom. The maximum absolute atomic E-state index is 13.5. The van der Waals surface area contributed by atoms with Gasteiger partial charge >= 0.3 is 0 Å². The first-order valence-electron chi connectivity index (χ1n) is 4.68. The van der Waals surface area contributed by atoms with Gasteiger partial charge in [0.2, 0.25) is 5.91 Å². The Morgan fingerprint density at radius 1 is 1.65 bits per heavy atom. The van der Waals surface area contributed by atoms with Crippen molar-refractivity contribution in [3.63, 3.8) is 0 Å². The lowest BCUT2D eigenvalue weighted by Crippen LogP contribution is -2.20. The number of rotatable bonds is 2. The first-order valence-corrected chi connectivity index (χ1v) is 6.72. The molecule has 0 bridgehead atoms. The molecule has 1 aromatic carbocycles. The summed E-state index contributed by atoms with van der Waals surface area (Å²) in [6, 6.07) is 3.08. The van der Waals surface area contributed by atoms with E-state index >= 15 is 0 Å². The van der Waals surface area contributed by atoms with Crippen LogP contribution in [0.4, 0.5) is 9.52 Å². The van der Waals surface area contributed by atoms with E-state index in [-0.39, 0.29) is 11.4 Å². The summed E-state index contributed by atoms with van der Waals surface area (Å²) in [6.45, 7) is 1.56. The monoisotopic (exact) mass is 336 g/mol. The highest BCUT2D eigenvalue weighted by molar-refractivity contribution is 9.10. The molecule has 1 unspecified atom stereocenters. The van der Waals surface area contributed by atoms with Crippen LogP contribution in [0.25, 0.3) is 10.2 Å². The molecule has 0 radical (unpaired) electrons. The number of fused-ring (bicyclic) bond motifs is 1. The maximum atomic E-state index is 13.5. The van der Waals surface area contributed by atoms with Crippen molar-refractivity contribution >= 4 is 60.1 Å². The third-order valence-electron chi connectivity index (χ3n) is 2.00. The first kappa shape index (κ1) is 12.7. The maximum Gasteiger partial charge on any atom is 0.243 e. The van der Waals surface area contributed by atoms with Gasteiger partial charge in [-0.15, -0.1) is 11.6 Å². The van der Waals surface area contributed by atoms with Gasteiger partial charge in [-0.2, -0.15) is 0 Å². The fourth-order valence-electron chi connectivity index (χ4n) is 1.22. The lowest BCUT2D eigenvalue weighted by Gasteiger charge is -2.01. The molecule has 7 heteroatoms. The summed E-state index contributed by atoms with van der Waals surface area (Å²) in [5.74, 6) is -0.782. The van der Waals surface area contributed by atoms with E-state index in [9.17, 15) is 9.18 Å². The van der Waals surface area contributed by atoms with Crippen LogP contribution < -0.4 is 5.32 Å². The standard InChI is InChI=1S/C10H7BrClFN2OS/c1-4(12)9(16)15-10-14-8-6(13)2-5(11)3-7(8)17-10/h2-4H,1H3,(H,14,15,16). The molecule has 1 heterocycles. The van der Waals surface area contributed by atoms with E-state index < -0.39 is 11.2 Å². The van der Waals surface area contributed by atoms with Crippen LogP contribution in [0.3, 0.4) is 0 Å². The number of nitrogens with one attached hydrogen (secondary N) is 1. The van der Waals surface area contributed by atoms with Crippen molar-refractivity contribution in [2.75, 3.05) is 5.32 Å². The van der Waals surface area contributed by atoms with E-state index in [2.05, 4.69) is 26.2 Å². The van der Waals surface area contributed by atoms with Gasteiger partial charge in [0.25, 0.3) is 0 Å². The number of thiazole rings is 1. The Labute approximate surface area is 114 Å². The normalized spacial score (nSPS) is 12.7. The van der Waals surface area contributed by atoms with Crippen LogP contribution >= 0.6 is 38.9 Å². The Bertz CT molecular complexity index is 587. The summed E-state index contributed by atoms with van der Waals surface area (Å²) in [5.41, 5.74) is 0.246. The predicted octanol–water partition coefficient (Wildman–Crippen LogP) is 3.76. The van der Waals surface area contributed by atoms with Gasteiger partial charge in [0, 0.05) is 4.47 Å². The van der Waals surface area contributed by atoms with E-state index in [1.165, 1.54) is 17.4 Å². The number of nitrogens with zero attached hydrogens (tertiary/aromatic N) is 1. The zero-order valence-corrected chi connectivity index (χ0v) is 11.8. The molecule has 0 fully saturated rings. The molecule has 0 aliphatic rings. The van der Waals surface area contributed by atoms with E-state index in [0.717, 1.165) is 0 Å². The minimum atomic E-state index is -0.654. The lowest BCUT2D eigenvalue weighted by molar-refractivity contribution is -0.115. The molecule has 17 heavy (non-hydrogen) atoms. The Morgan fingerprint density at radius 2 is 2.35 bits per heavy atom. The third kappa shape index (κ3) is 2.75. The number of alkyl halides is 1. The summed E-state index contributed by atoms with van der Waals surface area (Å²) in [4.78, 5) is 15.4. The number of benzene rings is 1. The van der Waals surface area contributed by atoms with Gasteiger partial charge in [-0.05, 0) is 19.1 Å². The minimum Gasteiger partial charge on any atom is -0.301 e. The SMILES string of the molecule is CC(Cl)C(=O)Nc1nc2c(F)cc(Br)cc2s1. The minimum absolute atomic E-state index is 0.246. The highest BCUT2D eigenvalue weighted by Gasteiger charge is 2.14. The van der Waals surface area contributed by atoms with E-state index in [0.29, 0.717) is 14.3 Å². The molecule has 2 aromatic rings. The summed E-state index contributed by atoms with van der Waals surface area (Å²) < 4.78 is 14.8. The molecule has 2 rings (SSSR count). The fraction of sp³-hybridized carbons (Fsp3) is 0.200. The molecule has 1 amide bonds. The van der Waals surface area contributed by atoms with Crippen LogP contribution in [0.15, 0.2) is 16.6 Å².